The van der Waals surface area contributed by atoms with Crippen LogP contribution in [0.25, 0.3) is 0 Å². The second-order valence-electron chi connectivity index (χ2n) is 3.50. The lowest BCUT2D eigenvalue weighted by Crippen LogP contribution is -2.44. The Kier molecular flexibility index (Phi) is 4.04. The van der Waals surface area contributed by atoms with Crippen LogP contribution >= 0.6 is 0 Å². The van der Waals surface area contributed by atoms with E-state index in [0.29, 0.717) is 12.8 Å². The molecule has 0 unspecified atom stereocenters. The average Bonchev–Trinajstić information content (AvgIpc) is 2.01. The summed E-state index contributed by atoms with van der Waals surface area (Å²) >= 11 is 0. The summed E-state index contributed by atoms with van der Waals surface area (Å²) in [6.07, 6.45) is 0.628. The Balaban J connectivity index is 4.24. The Labute approximate surface area is 69.2 Å². The third-order valence-corrected chi connectivity index (χ3v) is 2.41. The molecule has 0 heterocycles. The van der Waals surface area contributed by atoms with Crippen molar-refractivity contribution in [3.05, 3.63) is 0 Å². The highest BCUT2D eigenvalue weighted by Gasteiger charge is 2.33. The Morgan fingerprint density at radius 3 is 1.64 bits per heavy atom. The third kappa shape index (κ3) is 2.46. The number of aliphatic hydroxyl groups excluding tert-OH is 1. The van der Waals surface area contributed by atoms with E-state index >= 15 is 0 Å². The van der Waals surface area contributed by atoms with Crippen LogP contribution in [0.5, 0.6) is 0 Å². The van der Waals surface area contributed by atoms with Crippen LogP contribution in [0, 0.1) is 5.92 Å². The molecular weight excluding hydrogens is 140 g/mol. The monoisotopic (exact) mass is 160 g/mol. The average molecular weight is 160 g/mol. The van der Waals surface area contributed by atoms with Gasteiger partial charge in [-0.3, -0.25) is 0 Å². The highest BCUT2D eigenvalue weighted by Crippen LogP contribution is 2.24. The van der Waals surface area contributed by atoms with Gasteiger partial charge in [0, 0.05) is 0 Å². The summed E-state index contributed by atoms with van der Waals surface area (Å²) in [6, 6.07) is 0. The molecule has 0 aliphatic heterocycles. The van der Waals surface area contributed by atoms with Gasteiger partial charge in [0.1, 0.15) is 0 Å². The van der Waals surface area contributed by atoms with E-state index in [-0.39, 0.29) is 5.92 Å². The maximum Gasteiger partial charge on any atom is 0.0902 e. The Hall–Kier alpha value is -0.0800. The van der Waals surface area contributed by atoms with Gasteiger partial charge < -0.3 is 10.2 Å². The van der Waals surface area contributed by atoms with E-state index in [9.17, 15) is 10.2 Å². The first-order valence-electron chi connectivity index (χ1n) is 4.38. The van der Waals surface area contributed by atoms with Crippen LogP contribution in [0.3, 0.4) is 0 Å². The smallest absolute Gasteiger partial charge is 0.0902 e. The Morgan fingerprint density at radius 2 is 1.55 bits per heavy atom. The summed E-state index contributed by atoms with van der Waals surface area (Å²) in [5, 5.41) is 19.4. The van der Waals surface area contributed by atoms with Gasteiger partial charge in [0.05, 0.1) is 11.7 Å². The van der Waals surface area contributed by atoms with Crippen molar-refractivity contribution in [2.24, 2.45) is 5.92 Å². The quantitative estimate of drug-likeness (QED) is 0.655. The minimum atomic E-state index is -0.881. The molecule has 0 aromatic heterocycles. The van der Waals surface area contributed by atoms with Crippen molar-refractivity contribution in [2.45, 2.75) is 52.2 Å². The second kappa shape index (κ2) is 4.07. The molecule has 0 aliphatic rings. The van der Waals surface area contributed by atoms with Crippen molar-refractivity contribution in [1.29, 1.82) is 0 Å². The van der Waals surface area contributed by atoms with Gasteiger partial charge >= 0.3 is 0 Å². The molecule has 1 atom stereocenters. The standard InChI is InChI=1S/C9H20O2/c1-5-9(11,6-2)8(10)7(3)4/h7-8,10-11H,5-6H2,1-4H3/t8-/m1/s1. The van der Waals surface area contributed by atoms with Crippen molar-refractivity contribution in [1.82, 2.24) is 0 Å². The zero-order valence-electron chi connectivity index (χ0n) is 7.96. The van der Waals surface area contributed by atoms with Crippen molar-refractivity contribution >= 4 is 0 Å². The lowest BCUT2D eigenvalue weighted by Gasteiger charge is -2.33. The zero-order chi connectivity index (χ0) is 9.07. The van der Waals surface area contributed by atoms with Crippen molar-refractivity contribution in [3.63, 3.8) is 0 Å². The first-order valence-corrected chi connectivity index (χ1v) is 4.38. The highest BCUT2D eigenvalue weighted by molar-refractivity contribution is 4.85. The van der Waals surface area contributed by atoms with E-state index in [0.717, 1.165) is 0 Å². The van der Waals surface area contributed by atoms with Gasteiger partial charge in [-0.25, -0.2) is 0 Å². The molecule has 2 nitrogen and oxygen atoms in total. The molecule has 2 N–H and O–H groups in total. The van der Waals surface area contributed by atoms with Crippen molar-refractivity contribution in [2.75, 3.05) is 0 Å². The van der Waals surface area contributed by atoms with E-state index in [2.05, 4.69) is 0 Å². The fraction of sp³-hybridized carbons (Fsp3) is 1.00. The minimum Gasteiger partial charge on any atom is -0.390 e. The summed E-state index contributed by atoms with van der Waals surface area (Å²) in [5.74, 6) is 0.125. The maximum absolute atomic E-state index is 9.82. The topological polar surface area (TPSA) is 40.5 Å². The molecule has 0 saturated carbocycles. The van der Waals surface area contributed by atoms with Crippen LogP contribution in [-0.2, 0) is 0 Å². The van der Waals surface area contributed by atoms with E-state index in [4.69, 9.17) is 0 Å². The third-order valence-electron chi connectivity index (χ3n) is 2.41. The van der Waals surface area contributed by atoms with Crippen molar-refractivity contribution < 1.29 is 10.2 Å². The molecule has 0 radical (unpaired) electrons. The second-order valence-corrected chi connectivity index (χ2v) is 3.50. The molecule has 0 amide bonds. The SMILES string of the molecule is CCC(O)(CC)[C@H](O)C(C)C. The fourth-order valence-corrected chi connectivity index (χ4v) is 1.29. The highest BCUT2D eigenvalue weighted by atomic mass is 16.3. The molecule has 11 heavy (non-hydrogen) atoms. The van der Waals surface area contributed by atoms with Gasteiger partial charge in [-0.1, -0.05) is 27.7 Å². The summed E-state index contributed by atoms with van der Waals surface area (Å²) in [5.41, 5.74) is -0.881. The molecule has 0 spiro atoms. The molecule has 0 aliphatic carbocycles. The number of aliphatic hydroxyl groups is 2. The number of hydrogen-bond donors (Lipinski definition) is 2. The molecule has 0 fully saturated rings. The predicted molar refractivity (Wildman–Crippen MR) is 46.4 cm³/mol. The van der Waals surface area contributed by atoms with Gasteiger partial charge in [0.25, 0.3) is 0 Å². The molecule has 68 valence electrons. The first-order chi connectivity index (χ1) is 4.98. The van der Waals surface area contributed by atoms with Crippen LogP contribution in [0.4, 0.5) is 0 Å². The van der Waals surface area contributed by atoms with Crippen LogP contribution in [0.15, 0.2) is 0 Å². The van der Waals surface area contributed by atoms with E-state index in [1.165, 1.54) is 0 Å². The minimum absolute atomic E-state index is 0.125. The lowest BCUT2D eigenvalue weighted by atomic mass is 9.84. The zero-order valence-corrected chi connectivity index (χ0v) is 7.96. The van der Waals surface area contributed by atoms with Gasteiger partial charge in [-0.15, -0.1) is 0 Å². The van der Waals surface area contributed by atoms with Crippen LogP contribution in [0.2, 0.25) is 0 Å². The number of hydrogen-bond acceptors (Lipinski definition) is 2. The van der Waals surface area contributed by atoms with E-state index in [1.807, 2.05) is 27.7 Å². The predicted octanol–water partition coefficient (Wildman–Crippen LogP) is 1.55. The molecule has 0 rings (SSSR count). The van der Waals surface area contributed by atoms with Crippen LogP contribution in [0.1, 0.15) is 40.5 Å². The summed E-state index contributed by atoms with van der Waals surface area (Å²) in [4.78, 5) is 0. The normalized spacial score (nSPS) is 15.5. The van der Waals surface area contributed by atoms with E-state index in [1.54, 1.807) is 0 Å². The summed E-state index contributed by atoms with van der Waals surface area (Å²) < 4.78 is 0. The Bertz CT molecular complexity index is 106. The Morgan fingerprint density at radius 1 is 1.18 bits per heavy atom. The molecular formula is C9H20O2. The van der Waals surface area contributed by atoms with Gasteiger partial charge in [0.2, 0.25) is 0 Å². The van der Waals surface area contributed by atoms with Gasteiger partial charge in [-0.2, -0.15) is 0 Å². The van der Waals surface area contributed by atoms with Crippen LogP contribution < -0.4 is 0 Å². The lowest BCUT2D eigenvalue weighted by molar-refractivity contribution is -0.0988. The molecule has 0 bridgehead atoms. The number of rotatable bonds is 4. The van der Waals surface area contributed by atoms with Crippen LogP contribution in [-0.4, -0.2) is 21.9 Å². The molecule has 2 heteroatoms. The van der Waals surface area contributed by atoms with Crippen molar-refractivity contribution in [3.8, 4) is 0 Å². The first kappa shape index (κ1) is 10.9. The van der Waals surface area contributed by atoms with E-state index < -0.39 is 11.7 Å². The molecule has 0 saturated heterocycles. The summed E-state index contributed by atoms with van der Waals surface area (Å²) in [6.45, 7) is 7.63. The summed E-state index contributed by atoms with van der Waals surface area (Å²) in [7, 11) is 0. The molecule has 0 aromatic rings. The maximum atomic E-state index is 9.82. The van der Waals surface area contributed by atoms with Gasteiger partial charge in [0.15, 0.2) is 0 Å². The fourth-order valence-electron chi connectivity index (χ4n) is 1.29. The largest absolute Gasteiger partial charge is 0.390 e. The molecule has 0 aromatic carbocycles. The van der Waals surface area contributed by atoms with Gasteiger partial charge in [-0.05, 0) is 18.8 Å².